The molecule has 136 valence electrons. The zero-order valence-corrected chi connectivity index (χ0v) is 14.7. The molecule has 2 aromatic carbocycles. The van der Waals surface area contributed by atoms with Gasteiger partial charge in [0.1, 0.15) is 5.69 Å². The van der Waals surface area contributed by atoms with E-state index in [1.807, 2.05) is 25.1 Å². The summed E-state index contributed by atoms with van der Waals surface area (Å²) in [6.07, 6.45) is 0. The monoisotopic (exact) mass is 355 g/mol. The van der Waals surface area contributed by atoms with Gasteiger partial charge in [-0.1, -0.05) is 30.3 Å². The van der Waals surface area contributed by atoms with Gasteiger partial charge in [-0.25, -0.2) is 0 Å². The predicted octanol–water partition coefficient (Wildman–Crippen LogP) is 1.33. The van der Waals surface area contributed by atoms with Gasteiger partial charge >= 0.3 is 0 Å². The van der Waals surface area contributed by atoms with Crippen LogP contribution >= 0.6 is 0 Å². The topological polar surface area (TPSA) is 79.9 Å². The summed E-state index contributed by atoms with van der Waals surface area (Å²) < 4.78 is 0. The van der Waals surface area contributed by atoms with Crippen LogP contribution in [0.15, 0.2) is 54.6 Å². The van der Waals surface area contributed by atoms with Crippen LogP contribution in [0, 0.1) is 10.1 Å². The second kappa shape index (κ2) is 7.97. The largest absolute Gasteiger partial charge is 0.360 e. The first-order valence-electron chi connectivity index (χ1n) is 8.75. The van der Waals surface area contributed by atoms with E-state index in [9.17, 15) is 14.9 Å². The number of hydrogen-bond acceptors (Lipinski definition) is 4. The molecule has 2 N–H and O–H groups in total. The van der Waals surface area contributed by atoms with Crippen molar-refractivity contribution < 1.29 is 14.6 Å². The van der Waals surface area contributed by atoms with E-state index < -0.39 is 4.92 Å². The van der Waals surface area contributed by atoms with E-state index in [-0.39, 0.29) is 23.3 Å². The van der Waals surface area contributed by atoms with Crippen LogP contribution in [0.25, 0.3) is 0 Å². The normalized spacial score (nSPS) is 16.1. The van der Waals surface area contributed by atoms with Crippen LogP contribution in [-0.4, -0.2) is 43.1 Å². The Morgan fingerprint density at radius 1 is 1.12 bits per heavy atom. The number of quaternary nitrogens is 1. The molecule has 1 saturated heterocycles. The van der Waals surface area contributed by atoms with Crippen molar-refractivity contribution in [1.29, 1.82) is 0 Å². The van der Waals surface area contributed by atoms with E-state index in [0.29, 0.717) is 0 Å². The van der Waals surface area contributed by atoms with Gasteiger partial charge in [-0.05, 0) is 25.1 Å². The molecule has 0 radical (unpaired) electrons. The fourth-order valence-electron chi connectivity index (χ4n) is 3.29. The van der Waals surface area contributed by atoms with Crippen LogP contribution in [-0.2, 0) is 4.79 Å². The van der Waals surface area contributed by atoms with E-state index in [0.717, 1.165) is 26.2 Å². The number of carbonyl (C=O) groups excluding carboxylic acids is 1. The van der Waals surface area contributed by atoms with Gasteiger partial charge in [0.05, 0.1) is 31.1 Å². The van der Waals surface area contributed by atoms with Crippen molar-refractivity contribution in [1.82, 2.24) is 0 Å². The molecule has 7 heteroatoms. The lowest BCUT2D eigenvalue weighted by Gasteiger charge is -2.36. The van der Waals surface area contributed by atoms with E-state index >= 15 is 0 Å². The third kappa shape index (κ3) is 4.00. The van der Waals surface area contributed by atoms with Gasteiger partial charge in [-0.3, -0.25) is 14.9 Å². The highest BCUT2D eigenvalue weighted by Crippen LogP contribution is 2.23. The maximum atomic E-state index is 12.6. The molecule has 26 heavy (non-hydrogen) atoms. The highest BCUT2D eigenvalue weighted by atomic mass is 16.6. The molecule has 0 bridgehead atoms. The van der Waals surface area contributed by atoms with Crippen molar-refractivity contribution in [2.75, 3.05) is 36.4 Å². The number of amides is 1. The van der Waals surface area contributed by atoms with Crippen LogP contribution in [0.3, 0.4) is 0 Å². The highest BCUT2D eigenvalue weighted by molar-refractivity contribution is 5.95. The van der Waals surface area contributed by atoms with Gasteiger partial charge in [0.2, 0.25) is 0 Å². The minimum Gasteiger partial charge on any atom is -0.360 e. The average molecular weight is 355 g/mol. The first kappa shape index (κ1) is 17.9. The maximum Gasteiger partial charge on any atom is 0.292 e. The first-order valence-corrected chi connectivity index (χ1v) is 8.75. The third-order valence-corrected chi connectivity index (χ3v) is 4.89. The molecular weight excluding hydrogens is 332 g/mol. The molecule has 1 amide bonds. The molecule has 0 spiro atoms. The predicted molar refractivity (Wildman–Crippen MR) is 101 cm³/mol. The quantitative estimate of drug-likeness (QED) is 0.626. The molecule has 0 aromatic heterocycles. The smallest absolute Gasteiger partial charge is 0.292 e. The molecule has 1 aliphatic rings. The molecular formula is C19H23N4O3+. The number of hydrogen-bond donors (Lipinski definition) is 2. The Bertz CT molecular complexity index is 773. The summed E-state index contributed by atoms with van der Waals surface area (Å²) in [5, 5.41) is 13.8. The Kier molecular flexibility index (Phi) is 5.48. The molecule has 7 nitrogen and oxygen atoms in total. The van der Waals surface area contributed by atoms with Gasteiger partial charge in [0.15, 0.2) is 6.04 Å². The SMILES string of the molecule is C[C@H](C(=O)Nc1ccccc1[N+](=O)[O-])[NH+]1CCN(c2ccccc2)CC1. The number of rotatable bonds is 5. The Balaban J connectivity index is 1.59. The zero-order chi connectivity index (χ0) is 18.5. The summed E-state index contributed by atoms with van der Waals surface area (Å²) in [4.78, 5) is 26.7. The molecule has 1 fully saturated rings. The van der Waals surface area contributed by atoms with Crippen molar-refractivity contribution >= 4 is 23.0 Å². The second-order valence-electron chi connectivity index (χ2n) is 6.47. The minimum absolute atomic E-state index is 0.0862. The molecule has 0 aliphatic carbocycles. The number of nitro benzene ring substituents is 1. The Hall–Kier alpha value is -2.93. The van der Waals surface area contributed by atoms with Crippen LogP contribution in [0.2, 0.25) is 0 Å². The maximum absolute atomic E-state index is 12.6. The Morgan fingerprint density at radius 3 is 2.38 bits per heavy atom. The lowest BCUT2D eigenvalue weighted by atomic mass is 10.2. The summed E-state index contributed by atoms with van der Waals surface area (Å²) in [6, 6.07) is 16.2. The van der Waals surface area contributed by atoms with Crippen LogP contribution in [0.5, 0.6) is 0 Å². The number of nitro groups is 1. The number of carbonyl (C=O) groups is 1. The zero-order valence-electron chi connectivity index (χ0n) is 14.7. The number of piperazine rings is 1. The highest BCUT2D eigenvalue weighted by Gasteiger charge is 2.30. The van der Waals surface area contributed by atoms with Crippen LogP contribution in [0.1, 0.15) is 6.92 Å². The van der Waals surface area contributed by atoms with Crippen molar-refractivity contribution in [2.45, 2.75) is 13.0 Å². The molecule has 3 rings (SSSR count). The van der Waals surface area contributed by atoms with Gasteiger partial charge in [-0.15, -0.1) is 0 Å². The van der Waals surface area contributed by atoms with E-state index in [1.54, 1.807) is 18.2 Å². The summed E-state index contributed by atoms with van der Waals surface area (Å²) in [5.41, 5.74) is 1.36. The van der Waals surface area contributed by atoms with E-state index in [1.165, 1.54) is 16.7 Å². The van der Waals surface area contributed by atoms with Gasteiger partial charge in [-0.2, -0.15) is 0 Å². The van der Waals surface area contributed by atoms with Crippen LogP contribution in [0.4, 0.5) is 17.1 Å². The number of nitrogens with one attached hydrogen (secondary N) is 2. The van der Waals surface area contributed by atoms with E-state index in [2.05, 4.69) is 22.3 Å². The van der Waals surface area contributed by atoms with Crippen LogP contribution < -0.4 is 15.1 Å². The molecule has 1 heterocycles. The minimum atomic E-state index is -0.480. The fourth-order valence-corrected chi connectivity index (χ4v) is 3.29. The first-order chi connectivity index (χ1) is 12.6. The second-order valence-corrected chi connectivity index (χ2v) is 6.47. The molecule has 1 atom stereocenters. The standard InChI is InChI=1S/C19H22N4O3/c1-15(19(24)20-17-9-5-6-10-18(17)23(25)26)21-11-13-22(14-12-21)16-7-3-2-4-8-16/h2-10,15H,11-14H2,1H3,(H,20,24)/p+1/t15-/m1/s1. The molecule has 0 saturated carbocycles. The summed E-state index contributed by atoms with van der Waals surface area (Å²) >= 11 is 0. The Labute approximate surface area is 152 Å². The molecule has 2 aromatic rings. The van der Waals surface area contributed by atoms with Crippen molar-refractivity contribution in [3.63, 3.8) is 0 Å². The number of benzene rings is 2. The molecule has 0 unspecified atom stereocenters. The summed E-state index contributed by atoms with van der Waals surface area (Å²) in [5.74, 6) is -0.192. The molecule has 1 aliphatic heterocycles. The van der Waals surface area contributed by atoms with Gasteiger partial charge in [0.25, 0.3) is 11.6 Å². The van der Waals surface area contributed by atoms with E-state index in [4.69, 9.17) is 0 Å². The number of anilines is 2. The lowest BCUT2D eigenvalue weighted by Crippen LogP contribution is -3.19. The Morgan fingerprint density at radius 2 is 1.73 bits per heavy atom. The fraction of sp³-hybridized carbons (Fsp3) is 0.316. The number of para-hydroxylation sites is 3. The summed E-state index contributed by atoms with van der Waals surface area (Å²) in [6.45, 7) is 5.32. The lowest BCUT2D eigenvalue weighted by molar-refractivity contribution is -0.914. The van der Waals surface area contributed by atoms with Gasteiger partial charge in [0, 0.05) is 11.8 Å². The number of nitrogens with zero attached hydrogens (tertiary/aromatic N) is 2. The van der Waals surface area contributed by atoms with Crippen molar-refractivity contribution in [3.8, 4) is 0 Å². The van der Waals surface area contributed by atoms with Crippen molar-refractivity contribution in [3.05, 3.63) is 64.7 Å². The summed E-state index contributed by atoms with van der Waals surface area (Å²) in [7, 11) is 0. The van der Waals surface area contributed by atoms with Crippen molar-refractivity contribution in [2.24, 2.45) is 0 Å². The average Bonchev–Trinajstić information content (AvgIpc) is 2.68. The third-order valence-electron chi connectivity index (χ3n) is 4.89. The van der Waals surface area contributed by atoms with Gasteiger partial charge < -0.3 is 15.1 Å².